The standard InChI is InChI=1S/C18H21NO3/c1-19-10-9-13-5-8-16(22-2)18(21)17(13)15(19)11-12-3-6-14(20)7-4-12/h3-8,15,20-21H,9-11H2,1-2H3/t15-/m1/s1. The maximum Gasteiger partial charge on any atom is 0.162 e. The van der Waals surface area contributed by atoms with Gasteiger partial charge >= 0.3 is 0 Å². The van der Waals surface area contributed by atoms with Crippen molar-refractivity contribution in [1.82, 2.24) is 4.90 Å². The maximum atomic E-state index is 10.6. The second kappa shape index (κ2) is 5.89. The molecule has 0 aromatic heterocycles. The second-order valence-corrected chi connectivity index (χ2v) is 5.81. The molecule has 1 atom stereocenters. The summed E-state index contributed by atoms with van der Waals surface area (Å²) >= 11 is 0. The van der Waals surface area contributed by atoms with Gasteiger partial charge in [0, 0.05) is 18.2 Å². The predicted molar refractivity (Wildman–Crippen MR) is 85.5 cm³/mol. The number of nitrogens with zero attached hydrogens (tertiary/aromatic N) is 1. The maximum absolute atomic E-state index is 10.6. The van der Waals surface area contributed by atoms with Crippen LogP contribution in [0.3, 0.4) is 0 Å². The van der Waals surface area contributed by atoms with Gasteiger partial charge in [-0.25, -0.2) is 0 Å². The summed E-state index contributed by atoms with van der Waals surface area (Å²) in [4.78, 5) is 2.26. The predicted octanol–water partition coefficient (Wildman–Crippen LogP) is 2.88. The Morgan fingerprint density at radius 3 is 2.55 bits per heavy atom. The number of phenols is 2. The Balaban J connectivity index is 1.99. The highest BCUT2D eigenvalue weighted by Gasteiger charge is 2.29. The van der Waals surface area contributed by atoms with E-state index in [1.807, 2.05) is 24.3 Å². The Morgan fingerprint density at radius 1 is 1.14 bits per heavy atom. The van der Waals surface area contributed by atoms with Crippen molar-refractivity contribution >= 4 is 0 Å². The third-order valence-corrected chi connectivity index (χ3v) is 4.45. The van der Waals surface area contributed by atoms with Crippen molar-refractivity contribution in [3.05, 3.63) is 53.1 Å². The second-order valence-electron chi connectivity index (χ2n) is 5.81. The van der Waals surface area contributed by atoms with Gasteiger partial charge < -0.3 is 14.9 Å². The normalized spacial score (nSPS) is 18.0. The Kier molecular flexibility index (Phi) is 3.94. The zero-order valence-corrected chi connectivity index (χ0v) is 12.9. The van der Waals surface area contributed by atoms with Gasteiger partial charge in [-0.15, -0.1) is 0 Å². The number of benzene rings is 2. The van der Waals surface area contributed by atoms with Gasteiger partial charge in [-0.1, -0.05) is 18.2 Å². The lowest BCUT2D eigenvalue weighted by atomic mass is 9.88. The highest BCUT2D eigenvalue weighted by atomic mass is 16.5. The van der Waals surface area contributed by atoms with Gasteiger partial charge in [-0.3, -0.25) is 4.90 Å². The molecule has 0 saturated carbocycles. The number of aromatic hydroxyl groups is 2. The van der Waals surface area contributed by atoms with Gasteiger partial charge in [0.1, 0.15) is 5.75 Å². The topological polar surface area (TPSA) is 52.9 Å². The number of likely N-dealkylation sites (N-methyl/N-ethyl adjacent to an activating group) is 1. The first-order valence-electron chi connectivity index (χ1n) is 7.47. The van der Waals surface area contributed by atoms with Crippen molar-refractivity contribution in [3.63, 3.8) is 0 Å². The van der Waals surface area contributed by atoms with Crippen molar-refractivity contribution in [2.75, 3.05) is 20.7 Å². The van der Waals surface area contributed by atoms with Crippen LogP contribution >= 0.6 is 0 Å². The molecule has 1 heterocycles. The molecule has 0 saturated heterocycles. The molecule has 116 valence electrons. The van der Waals surface area contributed by atoms with Crippen LogP contribution in [-0.2, 0) is 12.8 Å². The number of methoxy groups -OCH3 is 1. The number of rotatable bonds is 3. The zero-order valence-electron chi connectivity index (χ0n) is 12.9. The lowest BCUT2D eigenvalue weighted by Gasteiger charge is -2.35. The summed E-state index contributed by atoms with van der Waals surface area (Å²) in [6.45, 7) is 0.960. The molecule has 4 nitrogen and oxygen atoms in total. The molecule has 3 rings (SSSR count). The lowest BCUT2D eigenvalue weighted by molar-refractivity contribution is 0.222. The van der Waals surface area contributed by atoms with E-state index in [4.69, 9.17) is 4.74 Å². The number of fused-ring (bicyclic) bond motifs is 1. The summed E-state index contributed by atoms with van der Waals surface area (Å²) in [5, 5.41) is 20.0. The number of hydrogen-bond donors (Lipinski definition) is 2. The summed E-state index contributed by atoms with van der Waals surface area (Å²) in [5.74, 6) is 1.03. The minimum atomic E-state index is 0.100. The SMILES string of the molecule is COc1ccc2c(c1O)[C@@H](Cc1ccc(O)cc1)N(C)CC2. The van der Waals surface area contributed by atoms with Crippen LogP contribution in [0.1, 0.15) is 22.7 Å². The van der Waals surface area contributed by atoms with Crippen LogP contribution in [0, 0.1) is 0 Å². The number of hydrogen-bond acceptors (Lipinski definition) is 4. The fourth-order valence-corrected chi connectivity index (χ4v) is 3.17. The third kappa shape index (κ3) is 2.62. The van der Waals surface area contributed by atoms with Crippen LogP contribution in [-0.4, -0.2) is 35.8 Å². The average molecular weight is 299 g/mol. The average Bonchev–Trinajstić information content (AvgIpc) is 2.52. The van der Waals surface area contributed by atoms with Gasteiger partial charge in [-0.05, 0) is 49.2 Å². The quantitative estimate of drug-likeness (QED) is 0.915. The fraction of sp³-hybridized carbons (Fsp3) is 0.333. The highest BCUT2D eigenvalue weighted by Crippen LogP contribution is 2.42. The summed E-state index contributed by atoms with van der Waals surface area (Å²) in [6, 6.07) is 11.2. The Hall–Kier alpha value is -2.20. The van der Waals surface area contributed by atoms with Crippen molar-refractivity contribution in [2.24, 2.45) is 0 Å². The van der Waals surface area contributed by atoms with Crippen molar-refractivity contribution in [3.8, 4) is 17.2 Å². The molecule has 0 spiro atoms. The number of ether oxygens (including phenoxy) is 1. The Bertz CT molecular complexity index is 667. The molecule has 0 aliphatic carbocycles. The summed E-state index contributed by atoms with van der Waals surface area (Å²) in [6.07, 6.45) is 1.71. The zero-order chi connectivity index (χ0) is 15.7. The molecule has 1 aliphatic rings. The van der Waals surface area contributed by atoms with Crippen molar-refractivity contribution in [2.45, 2.75) is 18.9 Å². The van der Waals surface area contributed by atoms with Crippen molar-refractivity contribution < 1.29 is 14.9 Å². The van der Waals surface area contributed by atoms with Crippen LogP contribution in [0.5, 0.6) is 17.2 Å². The summed E-state index contributed by atoms with van der Waals surface area (Å²) < 4.78 is 5.26. The first-order valence-corrected chi connectivity index (χ1v) is 7.47. The molecule has 2 N–H and O–H groups in total. The van der Waals surface area contributed by atoms with Crippen LogP contribution in [0.15, 0.2) is 36.4 Å². The van der Waals surface area contributed by atoms with Gasteiger partial charge in [0.15, 0.2) is 11.5 Å². The Labute approximate surface area is 130 Å². The minimum Gasteiger partial charge on any atom is -0.508 e. The highest BCUT2D eigenvalue weighted by molar-refractivity contribution is 5.52. The molecule has 0 radical (unpaired) electrons. The van der Waals surface area contributed by atoms with E-state index in [2.05, 4.69) is 11.9 Å². The molecule has 2 aromatic rings. The molecule has 1 aliphatic heterocycles. The molecule has 0 bridgehead atoms. The summed E-state index contributed by atoms with van der Waals surface area (Å²) in [7, 11) is 3.65. The van der Waals surface area contributed by atoms with Gasteiger partial charge in [0.05, 0.1) is 7.11 Å². The first-order chi connectivity index (χ1) is 10.6. The third-order valence-electron chi connectivity index (χ3n) is 4.45. The smallest absolute Gasteiger partial charge is 0.162 e. The van der Waals surface area contributed by atoms with E-state index >= 15 is 0 Å². The van der Waals surface area contributed by atoms with Crippen molar-refractivity contribution in [1.29, 1.82) is 0 Å². The largest absolute Gasteiger partial charge is 0.508 e. The van der Waals surface area contributed by atoms with Gasteiger partial charge in [0.2, 0.25) is 0 Å². The lowest BCUT2D eigenvalue weighted by Crippen LogP contribution is -2.33. The molecule has 2 aromatic carbocycles. The van der Waals surface area contributed by atoms with E-state index in [1.54, 1.807) is 19.2 Å². The molecule has 0 unspecified atom stereocenters. The molecular formula is C18H21NO3. The molecule has 0 amide bonds. The van der Waals surface area contributed by atoms with E-state index in [9.17, 15) is 10.2 Å². The van der Waals surface area contributed by atoms with E-state index in [0.29, 0.717) is 5.75 Å². The molecule has 22 heavy (non-hydrogen) atoms. The van der Waals surface area contributed by atoms with Gasteiger partial charge in [0.25, 0.3) is 0 Å². The van der Waals surface area contributed by atoms with E-state index in [0.717, 1.165) is 30.5 Å². The summed E-state index contributed by atoms with van der Waals surface area (Å²) in [5.41, 5.74) is 3.27. The van der Waals surface area contributed by atoms with Crippen LogP contribution in [0.4, 0.5) is 0 Å². The van der Waals surface area contributed by atoms with E-state index < -0.39 is 0 Å². The van der Waals surface area contributed by atoms with E-state index in [1.165, 1.54) is 5.56 Å². The Morgan fingerprint density at radius 2 is 1.86 bits per heavy atom. The molecular weight excluding hydrogens is 278 g/mol. The van der Waals surface area contributed by atoms with Crippen LogP contribution in [0.2, 0.25) is 0 Å². The minimum absolute atomic E-state index is 0.100. The monoisotopic (exact) mass is 299 g/mol. The first kappa shape index (κ1) is 14.7. The van der Waals surface area contributed by atoms with Crippen LogP contribution in [0.25, 0.3) is 0 Å². The van der Waals surface area contributed by atoms with Crippen LogP contribution < -0.4 is 4.74 Å². The van der Waals surface area contributed by atoms with E-state index in [-0.39, 0.29) is 17.5 Å². The fourth-order valence-electron chi connectivity index (χ4n) is 3.17. The molecule has 0 fully saturated rings. The molecule has 4 heteroatoms. The van der Waals surface area contributed by atoms with Gasteiger partial charge in [-0.2, -0.15) is 0 Å². The number of phenolic OH excluding ortho intramolecular Hbond substituents is 2.